The summed E-state index contributed by atoms with van der Waals surface area (Å²) in [5, 5.41) is 8.36. The summed E-state index contributed by atoms with van der Waals surface area (Å²) in [6.07, 6.45) is 7.69. The maximum Gasteiger partial charge on any atom is 2.00 e. The van der Waals surface area contributed by atoms with Gasteiger partial charge >= 0.3 is 21.1 Å². The molecular formula is C41H38N8O3Pt. The van der Waals surface area contributed by atoms with Crippen molar-refractivity contribution < 1.29 is 35.7 Å². The van der Waals surface area contributed by atoms with Crippen molar-refractivity contribution in [2.45, 2.75) is 27.1 Å². The molecule has 8 rings (SSSR count). The van der Waals surface area contributed by atoms with Gasteiger partial charge in [0.2, 0.25) is 6.35 Å². The molecule has 0 saturated carbocycles. The molecule has 0 saturated heterocycles. The van der Waals surface area contributed by atoms with Crippen LogP contribution in [-0.2, 0) is 30.6 Å². The second kappa shape index (κ2) is 18.5. The van der Waals surface area contributed by atoms with Gasteiger partial charge in [0.05, 0.1) is 5.76 Å². The van der Waals surface area contributed by atoms with Crippen LogP contribution >= 0.6 is 0 Å². The standard InChI is InChI=1S/C19H18N4O.C17H12N4.C5H8O2.Pt/c1-2-24-19-22(15-9-5-3-6-10-15)17-18(21-14-13-20-17)23(19)16-11-7-4-8-12-16;1-3-7-14(8-4-1)20-13-21(15-9-5-2-6-10-15)17-16(20)18-11-12-19-17;1-4(6)3-5(2)7;/h3-14,19H,2H2,1H3;1-9,11-13H;3,6H,1-2H3;/q;-2;;+2. The summed E-state index contributed by atoms with van der Waals surface area (Å²) in [6, 6.07) is 41.5. The van der Waals surface area contributed by atoms with Crippen molar-refractivity contribution in [3.63, 3.8) is 0 Å². The molecule has 0 atom stereocenters. The van der Waals surface area contributed by atoms with Crippen molar-refractivity contribution in [3.8, 4) is 0 Å². The SMILES string of the molecule is CC(=O)C=C(C)O.CCOC1N(c2ccccc2)c2nccnc2N1c1ccccc1.[Pt+2].[c-]1ccccc1N1[CH-]N(c2ccccc2)c2nccnc21. The number of aliphatic hydroxyl groups is 1. The first-order valence-electron chi connectivity index (χ1n) is 16.7. The average molecular weight is 886 g/mol. The molecule has 0 unspecified atom stereocenters. The van der Waals surface area contributed by atoms with Crippen molar-refractivity contribution in [1.29, 1.82) is 0 Å². The van der Waals surface area contributed by atoms with E-state index in [0.29, 0.717) is 6.61 Å². The van der Waals surface area contributed by atoms with Gasteiger partial charge in [-0.1, -0.05) is 54.6 Å². The molecule has 0 amide bonds. The number of nitrogens with zero attached hydrogens (tertiary/aromatic N) is 8. The Morgan fingerprint density at radius 1 is 0.698 bits per heavy atom. The van der Waals surface area contributed by atoms with E-state index in [1.54, 1.807) is 24.8 Å². The Labute approximate surface area is 324 Å². The third-order valence-electron chi connectivity index (χ3n) is 7.69. The van der Waals surface area contributed by atoms with Gasteiger partial charge in [-0.2, -0.15) is 30.3 Å². The van der Waals surface area contributed by atoms with Crippen LogP contribution in [0.5, 0.6) is 0 Å². The predicted octanol–water partition coefficient (Wildman–Crippen LogP) is 8.81. The minimum atomic E-state index is -0.322. The maximum atomic E-state index is 10.0. The molecule has 6 aromatic rings. The molecule has 1 N–H and O–H groups in total. The second-order valence-electron chi connectivity index (χ2n) is 11.4. The Balaban J connectivity index is 0.000000172. The molecule has 53 heavy (non-hydrogen) atoms. The zero-order valence-corrected chi connectivity index (χ0v) is 31.6. The summed E-state index contributed by atoms with van der Waals surface area (Å²) in [5.74, 6) is 3.16. The van der Waals surface area contributed by atoms with Crippen LogP contribution in [0.1, 0.15) is 20.8 Å². The molecule has 0 aliphatic carbocycles. The number of carbonyl (C=O) groups excluding carboxylic acids is 1. The largest absolute Gasteiger partial charge is 2.00 e. The molecule has 0 fully saturated rings. The zero-order valence-electron chi connectivity index (χ0n) is 29.4. The van der Waals surface area contributed by atoms with E-state index >= 15 is 0 Å². The van der Waals surface area contributed by atoms with Crippen LogP contribution in [-0.4, -0.2) is 43.8 Å². The number of aliphatic hydroxyl groups excluding tert-OH is 1. The van der Waals surface area contributed by atoms with Crippen molar-refractivity contribution >= 4 is 51.8 Å². The van der Waals surface area contributed by atoms with Gasteiger partial charge in [-0.05, 0) is 57.2 Å². The number of para-hydroxylation sites is 4. The summed E-state index contributed by atoms with van der Waals surface area (Å²) < 4.78 is 6.09. The van der Waals surface area contributed by atoms with Gasteiger partial charge < -0.3 is 19.6 Å². The molecule has 12 heteroatoms. The number of fused-ring (bicyclic) bond motifs is 2. The van der Waals surface area contributed by atoms with Crippen LogP contribution in [0.2, 0.25) is 0 Å². The minimum Gasteiger partial charge on any atom is -0.512 e. The summed E-state index contributed by atoms with van der Waals surface area (Å²) in [7, 11) is 0. The molecule has 2 aromatic heterocycles. The predicted molar refractivity (Wildman–Crippen MR) is 204 cm³/mol. The van der Waals surface area contributed by atoms with E-state index in [1.807, 2.05) is 114 Å². The minimum absolute atomic E-state index is 0. The maximum absolute atomic E-state index is 10.0. The summed E-state index contributed by atoms with van der Waals surface area (Å²) >= 11 is 0. The van der Waals surface area contributed by atoms with Crippen molar-refractivity contribution in [2.75, 3.05) is 26.2 Å². The van der Waals surface area contributed by atoms with E-state index < -0.39 is 0 Å². The second-order valence-corrected chi connectivity index (χ2v) is 11.4. The molecule has 0 spiro atoms. The normalized spacial score (nSPS) is 13.2. The van der Waals surface area contributed by atoms with Crippen LogP contribution in [0, 0.1) is 12.7 Å². The van der Waals surface area contributed by atoms with E-state index in [2.05, 4.69) is 60.1 Å². The van der Waals surface area contributed by atoms with E-state index in [-0.39, 0.29) is 39.0 Å². The van der Waals surface area contributed by atoms with E-state index in [1.165, 1.54) is 19.9 Å². The van der Waals surface area contributed by atoms with Crippen LogP contribution in [0.4, 0.5) is 46.0 Å². The smallest absolute Gasteiger partial charge is 0.512 e. The Hall–Kier alpha value is -5.90. The van der Waals surface area contributed by atoms with Crippen LogP contribution < -0.4 is 19.6 Å². The Bertz CT molecular complexity index is 1940. The Morgan fingerprint density at radius 2 is 1.15 bits per heavy atom. The third kappa shape index (κ3) is 9.13. The number of ether oxygens (including phenoxy) is 1. The zero-order chi connectivity index (χ0) is 36.3. The first-order chi connectivity index (χ1) is 25.5. The molecule has 11 nitrogen and oxygen atoms in total. The first kappa shape index (κ1) is 38.3. The number of anilines is 8. The molecule has 4 heterocycles. The van der Waals surface area contributed by atoms with E-state index in [9.17, 15) is 4.79 Å². The van der Waals surface area contributed by atoms with Gasteiger partial charge in [0, 0.05) is 54.5 Å². The number of rotatable bonds is 7. The fraction of sp³-hybridized carbons (Fsp3) is 0.122. The number of allylic oxidation sites excluding steroid dienone is 2. The van der Waals surface area contributed by atoms with E-state index in [0.717, 1.165) is 46.0 Å². The van der Waals surface area contributed by atoms with Crippen LogP contribution in [0.3, 0.4) is 0 Å². The number of hydrogen-bond acceptors (Lipinski definition) is 11. The fourth-order valence-electron chi connectivity index (χ4n) is 5.63. The van der Waals surface area contributed by atoms with Gasteiger partial charge in [-0.25, -0.2) is 19.9 Å². The number of aromatic nitrogens is 4. The number of benzene rings is 4. The number of hydrogen-bond donors (Lipinski definition) is 1. The monoisotopic (exact) mass is 885 g/mol. The molecule has 0 radical (unpaired) electrons. The fourth-order valence-corrected chi connectivity index (χ4v) is 5.63. The molecule has 2 aliphatic rings. The Morgan fingerprint density at radius 3 is 1.57 bits per heavy atom. The van der Waals surface area contributed by atoms with Gasteiger partial charge in [-0.3, -0.25) is 14.6 Å². The quantitative estimate of drug-likeness (QED) is 0.0944. The van der Waals surface area contributed by atoms with Gasteiger partial charge in [-0.15, -0.1) is 12.4 Å². The number of ketones is 1. The molecule has 4 aromatic carbocycles. The van der Waals surface area contributed by atoms with Crippen molar-refractivity contribution in [1.82, 2.24) is 19.9 Å². The van der Waals surface area contributed by atoms with Gasteiger partial charge in [0.25, 0.3) is 0 Å². The van der Waals surface area contributed by atoms with Crippen LogP contribution in [0.25, 0.3) is 0 Å². The Kier molecular flexibility index (Phi) is 13.4. The summed E-state index contributed by atoms with van der Waals surface area (Å²) in [5.41, 5.74) is 4.04. The molecule has 0 bridgehead atoms. The third-order valence-corrected chi connectivity index (χ3v) is 7.69. The van der Waals surface area contributed by atoms with Crippen molar-refractivity contribution in [3.05, 3.63) is 165 Å². The average Bonchev–Trinajstić information content (AvgIpc) is 3.73. The van der Waals surface area contributed by atoms with E-state index in [4.69, 9.17) is 9.84 Å². The number of carbonyl (C=O) groups is 1. The molecular weight excluding hydrogens is 848 g/mol. The van der Waals surface area contributed by atoms with Crippen molar-refractivity contribution in [2.24, 2.45) is 0 Å². The van der Waals surface area contributed by atoms with Gasteiger partial charge in [0.1, 0.15) is 11.6 Å². The first-order valence-corrected chi connectivity index (χ1v) is 16.7. The topological polar surface area (TPSA) is 111 Å². The van der Waals surface area contributed by atoms with Crippen LogP contribution in [0.15, 0.2) is 152 Å². The summed E-state index contributed by atoms with van der Waals surface area (Å²) in [6.45, 7) is 7.43. The van der Waals surface area contributed by atoms with Gasteiger partial charge in [0.15, 0.2) is 17.4 Å². The molecule has 270 valence electrons. The summed E-state index contributed by atoms with van der Waals surface area (Å²) in [4.78, 5) is 36.3. The molecule has 2 aliphatic heterocycles.